The van der Waals surface area contributed by atoms with Gasteiger partial charge in [-0.1, -0.05) is 24.3 Å². The molecular formula is C21H25NO6. The summed E-state index contributed by atoms with van der Waals surface area (Å²) >= 11 is 0. The van der Waals surface area contributed by atoms with E-state index >= 15 is 0 Å². The predicted molar refractivity (Wildman–Crippen MR) is 102 cm³/mol. The lowest BCUT2D eigenvalue weighted by atomic mass is 9.64. The zero-order valence-corrected chi connectivity index (χ0v) is 16.3. The van der Waals surface area contributed by atoms with E-state index < -0.39 is 35.2 Å². The first-order valence-corrected chi connectivity index (χ1v) is 9.31. The van der Waals surface area contributed by atoms with Gasteiger partial charge in [0.2, 0.25) is 0 Å². The van der Waals surface area contributed by atoms with Crippen LogP contribution in [0.2, 0.25) is 0 Å². The highest BCUT2D eigenvalue weighted by Gasteiger charge is 2.50. The van der Waals surface area contributed by atoms with Crippen molar-refractivity contribution < 1.29 is 29.0 Å². The molecule has 0 radical (unpaired) electrons. The summed E-state index contributed by atoms with van der Waals surface area (Å²) in [5, 5.41) is 13.1. The van der Waals surface area contributed by atoms with E-state index in [-0.39, 0.29) is 11.3 Å². The smallest absolute Gasteiger partial charge is 0.325 e. The van der Waals surface area contributed by atoms with Crippen molar-refractivity contribution in [2.24, 2.45) is 0 Å². The Morgan fingerprint density at radius 3 is 2.50 bits per heavy atom. The molecule has 1 heterocycles. The van der Waals surface area contributed by atoms with Gasteiger partial charge in [-0.3, -0.25) is 14.4 Å². The van der Waals surface area contributed by atoms with Crippen molar-refractivity contribution in [3.05, 3.63) is 41.0 Å². The van der Waals surface area contributed by atoms with Gasteiger partial charge in [0, 0.05) is 18.8 Å². The van der Waals surface area contributed by atoms with Gasteiger partial charge in [-0.25, -0.2) is 0 Å². The Morgan fingerprint density at radius 2 is 1.86 bits per heavy atom. The molecule has 0 saturated carbocycles. The highest BCUT2D eigenvalue weighted by atomic mass is 16.6. The van der Waals surface area contributed by atoms with Crippen molar-refractivity contribution in [3.8, 4) is 0 Å². The Morgan fingerprint density at radius 1 is 1.21 bits per heavy atom. The van der Waals surface area contributed by atoms with Gasteiger partial charge in [0.15, 0.2) is 5.78 Å². The first-order chi connectivity index (χ1) is 13.2. The molecular weight excluding hydrogens is 362 g/mol. The number of nitrogens with one attached hydrogen (secondary N) is 1. The molecule has 1 spiro atoms. The summed E-state index contributed by atoms with van der Waals surface area (Å²) in [6.45, 7) is 5.56. The summed E-state index contributed by atoms with van der Waals surface area (Å²) in [4.78, 5) is 38.0. The molecule has 1 amide bonds. The van der Waals surface area contributed by atoms with Crippen LogP contribution in [0, 0.1) is 0 Å². The van der Waals surface area contributed by atoms with Crippen LogP contribution in [0.25, 0.3) is 5.76 Å². The van der Waals surface area contributed by atoms with Crippen LogP contribution in [0.5, 0.6) is 0 Å². The summed E-state index contributed by atoms with van der Waals surface area (Å²) in [5.74, 6) is -2.20. The van der Waals surface area contributed by atoms with Crippen molar-refractivity contribution in [1.29, 1.82) is 0 Å². The fraction of sp³-hybridized carbons (Fsp3) is 0.476. The third kappa shape index (κ3) is 3.67. The van der Waals surface area contributed by atoms with E-state index in [1.807, 2.05) is 12.1 Å². The minimum Gasteiger partial charge on any atom is -0.506 e. The van der Waals surface area contributed by atoms with Crippen molar-refractivity contribution in [2.75, 3.05) is 19.8 Å². The Hall–Kier alpha value is -2.67. The fourth-order valence-corrected chi connectivity index (χ4v) is 3.76. The topological polar surface area (TPSA) is 102 Å². The number of hydrogen-bond donors (Lipinski definition) is 2. The Balaban J connectivity index is 1.91. The molecule has 2 N–H and O–H groups in total. The molecule has 1 aromatic carbocycles. The number of ether oxygens (including phenoxy) is 2. The van der Waals surface area contributed by atoms with Crippen LogP contribution in [-0.2, 0) is 29.3 Å². The molecule has 28 heavy (non-hydrogen) atoms. The van der Waals surface area contributed by atoms with Crippen molar-refractivity contribution in [1.82, 2.24) is 5.32 Å². The number of Topliss-reactive ketones (excluding diaryl/α,β-unsaturated/α-hetero) is 1. The zero-order chi connectivity index (χ0) is 20.5. The van der Waals surface area contributed by atoms with E-state index in [0.717, 1.165) is 0 Å². The normalized spacial score (nSPS) is 18.6. The molecule has 0 atom stereocenters. The van der Waals surface area contributed by atoms with Crippen LogP contribution in [0.3, 0.4) is 0 Å². The third-order valence-electron chi connectivity index (χ3n) is 4.98. The monoisotopic (exact) mass is 387 g/mol. The zero-order valence-electron chi connectivity index (χ0n) is 16.3. The largest absolute Gasteiger partial charge is 0.506 e. The molecule has 1 saturated heterocycles. The molecule has 3 rings (SSSR count). The maximum atomic E-state index is 13.3. The van der Waals surface area contributed by atoms with Crippen LogP contribution < -0.4 is 5.32 Å². The summed E-state index contributed by atoms with van der Waals surface area (Å²) < 4.78 is 10.6. The second-order valence-electron chi connectivity index (χ2n) is 8.06. The second kappa shape index (κ2) is 7.39. The molecule has 0 bridgehead atoms. The summed E-state index contributed by atoms with van der Waals surface area (Å²) in [6, 6.07) is 7.05. The number of ketones is 1. The molecule has 7 heteroatoms. The minimum absolute atomic E-state index is 0.316. The SMILES string of the molecule is CC(C)(C)OC(=O)CNC(=O)C1=C(O)c2ccccc2C2(CCOCC2)C1=O. The molecule has 1 fully saturated rings. The van der Waals surface area contributed by atoms with Gasteiger partial charge in [0.05, 0.1) is 5.41 Å². The van der Waals surface area contributed by atoms with E-state index in [2.05, 4.69) is 5.32 Å². The third-order valence-corrected chi connectivity index (χ3v) is 4.98. The first-order valence-electron chi connectivity index (χ1n) is 9.31. The Bertz CT molecular complexity index is 843. The molecule has 2 aliphatic rings. The quantitative estimate of drug-likeness (QED) is 0.608. The Kier molecular flexibility index (Phi) is 5.30. The van der Waals surface area contributed by atoms with Gasteiger partial charge >= 0.3 is 5.97 Å². The number of hydrogen-bond acceptors (Lipinski definition) is 6. The van der Waals surface area contributed by atoms with Gasteiger partial charge in [-0.15, -0.1) is 0 Å². The molecule has 1 aliphatic heterocycles. The molecule has 1 aromatic rings. The first kappa shape index (κ1) is 20.1. The highest BCUT2D eigenvalue weighted by Crippen LogP contribution is 2.45. The average Bonchev–Trinajstić information content (AvgIpc) is 2.64. The molecule has 7 nitrogen and oxygen atoms in total. The van der Waals surface area contributed by atoms with E-state index in [1.54, 1.807) is 32.9 Å². The summed E-state index contributed by atoms with van der Waals surface area (Å²) in [7, 11) is 0. The van der Waals surface area contributed by atoms with Crippen LogP contribution in [0.4, 0.5) is 0 Å². The highest BCUT2D eigenvalue weighted by molar-refractivity contribution is 6.28. The Labute approximate surface area is 163 Å². The van der Waals surface area contributed by atoms with Crippen molar-refractivity contribution in [3.63, 3.8) is 0 Å². The second-order valence-corrected chi connectivity index (χ2v) is 8.06. The number of carbonyl (C=O) groups excluding carboxylic acids is 3. The van der Waals surface area contributed by atoms with Crippen LogP contribution in [0.1, 0.15) is 44.7 Å². The number of benzene rings is 1. The maximum absolute atomic E-state index is 13.3. The lowest BCUT2D eigenvalue weighted by Gasteiger charge is -2.40. The lowest BCUT2D eigenvalue weighted by Crippen LogP contribution is -2.48. The van der Waals surface area contributed by atoms with E-state index in [9.17, 15) is 19.5 Å². The predicted octanol–water partition coefficient (Wildman–Crippen LogP) is 2.04. The summed E-state index contributed by atoms with van der Waals surface area (Å²) in [6.07, 6.45) is 0.859. The number of carbonyl (C=O) groups is 3. The number of aliphatic hydroxyl groups excluding tert-OH is 1. The molecule has 0 aromatic heterocycles. The van der Waals surface area contributed by atoms with E-state index in [4.69, 9.17) is 9.47 Å². The van der Waals surface area contributed by atoms with Crippen LogP contribution in [0.15, 0.2) is 29.8 Å². The molecule has 150 valence electrons. The van der Waals surface area contributed by atoms with Gasteiger partial charge in [-0.05, 0) is 39.2 Å². The van der Waals surface area contributed by atoms with Gasteiger partial charge < -0.3 is 19.9 Å². The van der Waals surface area contributed by atoms with Gasteiger partial charge in [0.25, 0.3) is 5.91 Å². The lowest BCUT2D eigenvalue weighted by molar-refractivity contribution is -0.154. The molecule has 0 unspecified atom stereocenters. The van der Waals surface area contributed by atoms with Crippen LogP contribution >= 0.6 is 0 Å². The minimum atomic E-state index is -0.903. The fourth-order valence-electron chi connectivity index (χ4n) is 3.76. The van der Waals surface area contributed by atoms with E-state index in [0.29, 0.717) is 37.2 Å². The van der Waals surface area contributed by atoms with Crippen molar-refractivity contribution >= 4 is 23.4 Å². The number of rotatable bonds is 3. The van der Waals surface area contributed by atoms with Gasteiger partial charge in [-0.2, -0.15) is 0 Å². The number of amides is 1. The maximum Gasteiger partial charge on any atom is 0.325 e. The van der Waals surface area contributed by atoms with E-state index in [1.165, 1.54) is 0 Å². The van der Waals surface area contributed by atoms with Gasteiger partial charge in [0.1, 0.15) is 23.5 Å². The average molecular weight is 387 g/mol. The number of aliphatic hydroxyl groups is 1. The molecule has 1 aliphatic carbocycles. The van der Waals surface area contributed by atoms with Crippen LogP contribution in [-0.4, -0.2) is 48.1 Å². The summed E-state index contributed by atoms with van der Waals surface area (Å²) in [5.41, 5.74) is -0.727. The number of esters is 1. The standard InChI is InChI=1S/C21H25NO6/c1-20(2,3)28-15(23)12-22-19(26)16-17(24)13-6-4-5-7-14(13)21(18(16)25)8-10-27-11-9-21/h4-7,24H,8-12H2,1-3H3,(H,22,26). The van der Waals surface area contributed by atoms with Crippen molar-refractivity contribution in [2.45, 2.75) is 44.6 Å². The number of fused-ring (bicyclic) bond motifs is 2.